The fourth-order valence-corrected chi connectivity index (χ4v) is 9.90. The zero-order valence-electron chi connectivity index (χ0n) is 27.4. The van der Waals surface area contributed by atoms with Crippen molar-refractivity contribution < 1.29 is 4.74 Å². The van der Waals surface area contributed by atoms with Gasteiger partial charge < -0.3 is 4.74 Å². The first kappa shape index (κ1) is 28.9. The molecule has 9 aromatic carbocycles. The molecule has 1 aliphatic rings. The lowest BCUT2D eigenvalue weighted by atomic mass is 9.90. The normalized spacial score (nSPS) is 12.4. The first-order valence-electron chi connectivity index (χ1n) is 17.2. The van der Waals surface area contributed by atoms with Crippen LogP contribution < -0.4 is 4.74 Å². The highest BCUT2D eigenvalue weighted by Gasteiger charge is 2.19. The Hall–Kier alpha value is -5.87. The van der Waals surface area contributed by atoms with Crippen LogP contribution in [0.3, 0.4) is 0 Å². The van der Waals surface area contributed by atoms with Crippen LogP contribution in [0.1, 0.15) is 0 Å². The van der Waals surface area contributed by atoms with Crippen LogP contribution in [0.25, 0.3) is 85.9 Å². The first-order chi connectivity index (χ1) is 25.2. The molecule has 238 valence electrons. The Bertz CT molecular complexity index is 3010. The minimum atomic E-state index is 0.905. The van der Waals surface area contributed by atoms with E-state index in [2.05, 4.69) is 158 Å². The lowest BCUT2D eigenvalue weighted by Gasteiger charge is -2.20. The van der Waals surface area contributed by atoms with Crippen molar-refractivity contribution in [1.82, 2.24) is 0 Å². The van der Waals surface area contributed by atoms with Gasteiger partial charge in [0.1, 0.15) is 11.5 Å². The highest BCUT2D eigenvalue weighted by molar-refractivity contribution is 7.99. The van der Waals surface area contributed by atoms with Crippen LogP contribution in [0.5, 0.6) is 11.5 Å². The molecule has 0 bridgehead atoms. The molecule has 0 unspecified atom stereocenters. The van der Waals surface area contributed by atoms with Crippen LogP contribution in [0, 0.1) is 0 Å². The predicted molar refractivity (Wildman–Crippen MR) is 219 cm³/mol. The van der Waals surface area contributed by atoms with E-state index in [0.29, 0.717) is 0 Å². The highest BCUT2D eigenvalue weighted by atomic mass is 32.2. The summed E-state index contributed by atoms with van der Waals surface area (Å²) in [6.45, 7) is 0. The number of para-hydroxylation sites is 1. The van der Waals surface area contributed by atoms with Gasteiger partial charge in [0.15, 0.2) is 0 Å². The van der Waals surface area contributed by atoms with Crippen molar-refractivity contribution >= 4 is 75.6 Å². The third-order valence-electron chi connectivity index (χ3n) is 10.3. The molecule has 3 heteroatoms. The van der Waals surface area contributed by atoms with Crippen LogP contribution in [-0.4, -0.2) is 0 Å². The van der Waals surface area contributed by atoms with Crippen molar-refractivity contribution in [3.05, 3.63) is 170 Å². The molecule has 0 radical (unpaired) electrons. The van der Waals surface area contributed by atoms with Crippen molar-refractivity contribution in [3.63, 3.8) is 0 Å². The maximum atomic E-state index is 6.31. The number of fused-ring (bicyclic) bond motifs is 11. The van der Waals surface area contributed by atoms with E-state index in [1.807, 2.05) is 23.5 Å². The van der Waals surface area contributed by atoms with Gasteiger partial charge in [-0.2, -0.15) is 0 Å². The van der Waals surface area contributed by atoms with E-state index in [4.69, 9.17) is 4.74 Å². The fourth-order valence-electron chi connectivity index (χ4n) is 7.83. The fraction of sp³-hybridized carbons (Fsp3) is 0. The van der Waals surface area contributed by atoms with Gasteiger partial charge in [0, 0.05) is 20.2 Å². The largest absolute Gasteiger partial charge is 0.455 e. The molecule has 10 aromatic rings. The zero-order chi connectivity index (χ0) is 33.5. The average Bonchev–Trinajstić information content (AvgIpc) is 3.57. The van der Waals surface area contributed by atoms with Gasteiger partial charge >= 0.3 is 0 Å². The molecule has 2 heterocycles. The van der Waals surface area contributed by atoms with Crippen LogP contribution in [0.4, 0.5) is 0 Å². The molecule has 51 heavy (non-hydrogen) atoms. The third kappa shape index (κ3) is 4.70. The van der Waals surface area contributed by atoms with Crippen molar-refractivity contribution in [2.75, 3.05) is 0 Å². The number of rotatable bonds is 3. The predicted octanol–water partition coefficient (Wildman–Crippen LogP) is 14.8. The van der Waals surface area contributed by atoms with E-state index < -0.39 is 0 Å². The molecular formula is C48H28OS2. The van der Waals surface area contributed by atoms with E-state index in [0.717, 1.165) is 21.3 Å². The van der Waals surface area contributed by atoms with Crippen molar-refractivity contribution in [2.24, 2.45) is 0 Å². The van der Waals surface area contributed by atoms with E-state index in [1.165, 1.54) is 85.9 Å². The Morgan fingerprint density at radius 1 is 0.294 bits per heavy atom. The number of ether oxygens (including phenoxy) is 1. The monoisotopic (exact) mass is 684 g/mol. The molecule has 0 N–H and O–H groups in total. The lowest BCUT2D eigenvalue weighted by molar-refractivity contribution is 0.454. The molecule has 0 atom stereocenters. The topological polar surface area (TPSA) is 9.23 Å². The number of thiophene rings is 1. The van der Waals surface area contributed by atoms with Crippen molar-refractivity contribution in [1.29, 1.82) is 0 Å². The molecule has 1 nitrogen and oxygen atoms in total. The average molecular weight is 685 g/mol. The van der Waals surface area contributed by atoms with Crippen LogP contribution in [0.2, 0.25) is 0 Å². The number of hydrogen-bond acceptors (Lipinski definition) is 3. The molecular weight excluding hydrogens is 657 g/mol. The molecule has 11 rings (SSSR count). The Kier molecular flexibility index (Phi) is 6.42. The maximum Gasteiger partial charge on any atom is 0.141 e. The van der Waals surface area contributed by atoms with Gasteiger partial charge in [-0.15, -0.1) is 11.3 Å². The van der Waals surface area contributed by atoms with Gasteiger partial charge in [-0.3, -0.25) is 0 Å². The van der Waals surface area contributed by atoms with E-state index in [1.54, 1.807) is 11.8 Å². The van der Waals surface area contributed by atoms with Crippen LogP contribution >= 0.6 is 23.1 Å². The molecule has 0 saturated carbocycles. The Morgan fingerprint density at radius 3 is 1.51 bits per heavy atom. The van der Waals surface area contributed by atoms with Gasteiger partial charge in [0.2, 0.25) is 0 Å². The summed E-state index contributed by atoms with van der Waals surface area (Å²) in [5, 5.41) is 10.4. The Morgan fingerprint density at radius 2 is 0.784 bits per heavy atom. The number of hydrogen-bond donors (Lipinski definition) is 0. The molecule has 0 spiro atoms. The zero-order valence-corrected chi connectivity index (χ0v) is 29.0. The molecule has 0 aliphatic carbocycles. The van der Waals surface area contributed by atoms with Crippen molar-refractivity contribution in [2.45, 2.75) is 9.79 Å². The molecule has 1 aliphatic heterocycles. The van der Waals surface area contributed by atoms with Gasteiger partial charge in [-0.1, -0.05) is 115 Å². The minimum Gasteiger partial charge on any atom is -0.455 e. The van der Waals surface area contributed by atoms with Gasteiger partial charge in [-0.05, 0) is 132 Å². The maximum absolute atomic E-state index is 6.31. The lowest BCUT2D eigenvalue weighted by Crippen LogP contribution is -1.95. The summed E-state index contributed by atoms with van der Waals surface area (Å²) in [4.78, 5) is 2.28. The molecule has 0 amide bonds. The van der Waals surface area contributed by atoms with Gasteiger partial charge in [0.05, 0.1) is 9.79 Å². The van der Waals surface area contributed by atoms with Gasteiger partial charge in [-0.25, -0.2) is 0 Å². The summed E-state index contributed by atoms with van der Waals surface area (Å²) >= 11 is 3.64. The molecule has 0 saturated heterocycles. The SMILES string of the molecule is c1ccc2c(c1)Oc1ccc(-c3cc(-c4ccc5sc6ccccc6c5c4)cc(-c4ccc5c6ccccc6c6ccccc6c5c4)c3)cc1S2. The molecule has 0 fully saturated rings. The second-order valence-corrected chi connectivity index (χ2v) is 15.4. The van der Waals surface area contributed by atoms with Crippen LogP contribution in [0.15, 0.2) is 180 Å². The van der Waals surface area contributed by atoms with E-state index in [9.17, 15) is 0 Å². The quantitative estimate of drug-likeness (QED) is 0.171. The van der Waals surface area contributed by atoms with E-state index in [-0.39, 0.29) is 0 Å². The standard InChI is InChI=1S/C48H28OS2/c1-2-11-37-35(9-1)36-10-3-4-12-38(36)41-26-29(17-20-39(37)41)32-23-33(30-19-22-46-42(27-30)40-13-5-7-15-45(40)50-46)25-34(24-32)31-18-21-44-48(28-31)51-47-16-8-6-14-43(47)49-44/h1-28H. The summed E-state index contributed by atoms with van der Waals surface area (Å²) in [5.74, 6) is 1.82. The summed E-state index contributed by atoms with van der Waals surface area (Å²) in [5.41, 5.74) is 7.18. The first-order valence-corrected chi connectivity index (χ1v) is 18.9. The Balaban J connectivity index is 1.12. The number of benzene rings is 9. The van der Waals surface area contributed by atoms with Gasteiger partial charge in [0.25, 0.3) is 0 Å². The second-order valence-electron chi connectivity index (χ2n) is 13.3. The highest BCUT2D eigenvalue weighted by Crippen LogP contribution is 2.48. The summed E-state index contributed by atoms with van der Waals surface area (Å²) in [6, 6.07) is 62.3. The summed E-state index contributed by atoms with van der Waals surface area (Å²) in [6.07, 6.45) is 0. The second kappa shape index (κ2) is 11.3. The summed E-state index contributed by atoms with van der Waals surface area (Å²) in [7, 11) is 0. The van der Waals surface area contributed by atoms with E-state index >= 15 is 0 Å². The summed E-state index contributed by atoms with van der Waals surface area (Å²) < 4.78 is 8.95. The van der Waals surface area contributed by atoms with Crippen molar-refractivity contribution in [3.8, 4) is 44.9 Å². The minimum absolute atomic E-state index is 0.905. The molecule has 1 aromatic heterocycles. The Labute approximate surface area is 303 Å². The third-order valence-corrected chi connectivity index (χ3v) is 12.5. The van der Waals surface area contributed by atoms with Crippen LogP contribution in [-0.2, 0) is 0 Å². The smallest absolute Gasteiger partial charge is 0.141 e.